The van der Waals surface area contributed by atoms with E-state index in [4.69, 9.17) is 14.5 Å². The lowest BCUT2D eigenvalue weighted by Crippen LogP contribution is -2.43. The normalized spacial score (nSPS) is 11.8. The van der Waals surface area contributed by atoms with Gasteiger partial charge in [-0.2, -0.15) is 0 Å². The van der Waals surface area contributed by atoms with Crippen molar-refractivity contribution in [1.29, 1.82) is 0 Å². The minimum absolute atomic E-state index is 0.194. The molecule has 39 heavy (non-hydrogen) atoms. The van der Waals surface area contributed by atoms with Crippen LogP contribution in [0.3, 0.4) is 0 Å². The van der Waals surface area contributed by atoms with E-state index in [-0.39, 0.29) is 11.6 Å². The highest BCUT2D eigenvalue weighted by Gasteiger charge is 2.29. The van der Waals surface area contributed by atoms with Crippen molar-refractivity contribution >= 4 is 22.6 Å². The average Bonchev–Trinajstić information content (AvgIpc) is 2.95. The van der Waals surface area contributed by atoms with Gasteiger partial charge in [0.05, 0.1) is 36.9 Å². The second kappa shape index (κ2) is 12.4. The third-order valence-corrected chi connectivity index (χ3v) is 6.56. The number of ether oxygens (including phenoxy) is 2. The standard InChI is InChI=1S/C30H35N5O4/c1-6-27(34(19-18-33(2)3)30(37)31-21-10-9-11-24(20-21)39-5)28-32-26-13-8-7-12-25(26)29(36)35(28)22-14-16-23(38-4)17-15-22/h7-17,20,27H,6,18-19H2,1-5H3,(H,31,37). The maximum atomic E-state index is 13.9. The zero-order valence-corrected chi connectivity index (χ0v) is 23.0. The second-order valence-corrected chi connectivity index (χ2v) is 9.41. The summed E-state index contributed by atoms with van der Waals surface area (Å²) in [5.74, 6) is 1.81. The lowest BCUT2D eigenvalue weighted by molar-refractivity contribution is 0.173. The molecule has 0 spiro atoms. The van der Waals surface area contributed by atoms with Crippen LogP contribution in [0, 0.1) is 0 Å². The molecule has 4 aromatic rings. The molecular weight excluding hydrogens is 494 g/mol. The molecule has 0 radical (unpaired) electrons. The first-order valence-electron chi connectivity index (χ1n) is 12.9. The number of carbonyl (C=O) groups excluding carboxylic acids is 1. The van der Waals surface area contributed by atoms with E-state index in [0.717, 1.165) is 0 Å². The summed E-state index contributed by atoms with van der Waals surface area (Å²) >= 11 is 0. The van der Waals surface area contributed by atoms with Crippen LogP contribution in [0.1, 0.15) is 25.2 Å². The minimum atomic E-state index is -0.491. The second-order valence-electron chi connectivity index (χ2n) is 9.41. The summed E-state index contributed by atoms with van der Waals surface area (Å²) in [5.41, 5.74) is 1.65. The molecule has 1 unspecified atom stereocenters. The summed E-state index contributed by atoms with van der Waals surface area (Å²) in [6.07, 6.45) is 0.542. The van der Waals surface area contributed by atoms with Gasteiger partial charge in [0.15, 0.2) is 0 Å². The highest BCUT2D eigenvalue weighted by atomic mass is 16.5. The molecule has 0 fully saturated rings. The van der Waals surface area contributed by atoms with Gasteiger partial charge in [0.2, 0.25) is 0 Å². The number of hydrogen-bond donors (Lipinski definition) is 1. The Morgan fingerprint density at radius 1 is 0.949 bits per heavy atom. The molecule has 1 N–H and O–H groups in total. The van der Waals surface area contributed by atoms with Gasteiger partial charge >= 0.3 is 6.03 Å². The van der Waals surface area contributed by atoms with Crippen molar-refractivity contribution < 1.29 is 14.3 Å². The van der Waals surface area contributed by atoms with Crippen molar-refractivity contribution in [3.63, 3.8) is 0 Å². The van der Waals surface area contributed by atoms with Crippen LogP contribution in [0.15, 0.2) is 77.6 Å². The van der Waals surface area contributed by atoms with Gasteiger partial charge in [0, 0.05) is 24.8 Å². The number of rotatable bonds is 10. The summed E-state index contributed by atoms with van der Waals surface area (Å²) < 4.78 is 12.3. The number of methoxy groups -OCH3 is 2. The average molecular weight is 530 g/mol. The summed E-state index contributed by atoms with van der Waals surface area (Å²) in [4.78, 5) is 36.4. The molecule has 0 saturated carbocycles. The molecule has 0 aliphatic rings. The first-order valence-corrected chi connectivity index (χ1v) is 12.9. The van der Waals surface area contributed by atoms with E-state index in [1.807, 2.05) is 74.4 Å². The number of amides is 2. The lowest BCUT2D eigenvalue weighted by Gasteiger charge is -2.33. The van der Waals surface area contributed by atoms with Gasteiger partial charge in [-0.3, -0.25) is 9.36 Å². The Balaban J connectivity index is 1.85. The van der Waals surface area contributed by atoms with E-state index in [1.54, 1.807) is 48.0 Å². The van der Waals surface area contributed by atoms with Gasteiger partial charge < -0.3 is 24.6 Å². The fraction of sp³-hybridized carbons (Fsp3) is 0.300. The van der Waals surface area contributed by atoms with Crippen LogP contribution in [0.2, 0.25) is 0 Å². The molecule has 4 rings (SSSR count). The third kappa shape index (κ3) is 6.21. The molecule has 1 aromatic heterocycles. The number of anilines is 1. The molecule has 9 heteroatoms. The van der Waals surface area contributed by atoms with Crippen LogP contribution < -0.4 is 20.3 Å². The van der Waals surface area contributed by atoms with E-state index in [2.05, 4.69) is 5.32 Å². The van der Waals surface area contributed by atoms with Gasteiger partial charge in [-0.1, -0.05) is 25.1 Å². The fourth-order valence-corrected chi connectivity index (χ4v) is 4.50. The number of fused-ring (bicyclic) bond motifs is 1. The van der Waals surface area contributed by atoms with Crippen molar-refractivity contribution in [3.8, 4) is 17.2 Å². The topological polar surface area (TPSA) is 88.9 Å². The molecule has 0 saturated heterocycles. The zero-order valence-electron chi connectivity index (χ0n) is 23.0. The maximum absolute atomic E-state index is 13.9. The first-order chi connectivity index (χ1) is 18.9. The summed E-state index contributed by atoms with van der Waals surface area (Å²) in [7, 11) is 7.10. The summed E-state index contributed by atoms with van der Waals surface area (Å²) in [6, 6.07) is 21.0. The quantitative estimate of drug-likeness (QED) is 0.313. The Hall–Kier alpha value is -4.37. The van der Waals surface area contributed by atoms with E-state index >= 15 is 0 Å². The zero-order chi connectivity index (χ0) is 27.9. The van der Waals surface area contributed by atoms with Gasteiger partial charge in [0.25, 0.3) is 5.56 Å². The third-order valence-electron chi connectivity index (χ3n) is 6.56. The molecule has 1 atom stereocenters. The van der Waals surface area contributed by atoms with Crippen molar-refractivity contribution in [3.05, 3.63) is 89.0 Å². The molecule has 204 valence electrons. The van der Waals surface area contributed by atoms with Crippen molar-refractivity contribution in [2.24, 2.45) is 0 Å². The van der Waals surface area contributed by atoms with Crippen LogP contribution in [-0.4, -0.2) is 66.8 Å². The SMILES string of the molecule is CCC(c1nc2ccccc2c(=O)n1-c1ccc(OC)cc1)N(CCN(C)C)C(=O)Nc1cccc(OC)c1. The molecule has 9 nitrogen and oxygen atoms in total. The van der Waals surface area contributed by atoms with E-state index < -0.39 is 6.04 Å². The summed E-state index contributed by atoms with van der Waals surface area (Å²) in [5, 5.41) is 3.51. The van der Waals surface area contributed by atoms with Crippen LogP contribution >= 0.6 is 0 Å². The molecule has 3 aromatic carbocycles. The fourth-order valence-electron chi connectivity index (χ4n) is 4.50. The van der Waals surface area contributed by atoms with Crippen molar-refractivity contribution in [2.75, 3.05) is 46.7 Å². The Bertz CT molecular complexity index is 1480. The molecule has 0 aliphatic heterocycles. The summed E-state index contributed by atoms with van der Waals surface area (Å²) in [6.45, 7) is 3.04. The molecule has 0 bridgehead atoms. The smallest absolute Gasteiger partial charge is 0.322 e. The number of benzene rings is 3. The van der Waals surface area contributed by atoms with E-state index in [1.165, 1.54) is 0 Å². The van der Waals surface area contributed by atoms with Gasteiger partial charge in [-0.15, -0.1) is 0 Å². The van der Waals surface area contributed by atoms with Gasteiger partial charge in [-0.25, -0.2) is 9.78 Å². The first kappa shape index (κ1) is 27.7. The Kier molecular flexibility index (Phi) is 8.83. The number of carbonyl (C=O) groups is 1. The highest BCUT2D eigenvalue weighted by molar-refractivity contribution is 5.90. The van der Waals surface area contributed by atoms with Crippen LogP contribution in [0.5, 0.6) is 11.5 Å². The highest BCUT2D eigenvalue weighted by Crippen LogP contribution is 2.28. The van der Waals surface area contributed by atoms with Gasteiger partial charge in [-0.05, 0) is 69.0 Å². The van der Waals surface area contributed by atoms with E-state index in [0.29, 0.717) is 59.1 Å². The predicted molar refractivity (Wildman–Crippen MR) is 154 cm³/mol. The molecule has 2 amide bonds. The van der Waals surface area contributed by atoms with Crippen molar-refractivity contribution in [2.45, 2.75) is 19.4 Å². The molecular formula is C30H35N5O4. The number of nitrogens with one attached hydrogen (secondary N) is 1. The molecule has 1 heterocycles. The van der Waals surface area contributed by atoms with Crippen LogP contribution in [-0.2, 0) is 0 Å². The minimum Gasteiger partial charge on any atom is -0.497 e. The number of likely N-dealkylation sites (N-methyl/N-ethyl adjacent to an activating group) is 1. The number of hydrogen-bond acceptors (Lipinski definition) is 6. The Morgan fingerprint density at radius 2 is 1.67 bits per heavy atom. The van der Waals surface area contributed by atoms with Crippen LogP contribution in [0.4, 0.5) is 10.5 Å². The predicted octanol–water partition coefficient (Wildman–Crippen LogP) is 4.95. The number of nitrogens with zero attached hydrogens (tertiary/aromatic N) is 4. The lowest BCUT2D eigenvalue weighted by atomic mass is 10.1. The number of aromatic nitrogens is 2. The van der Waals surface area contributed by atoms with Crippen molar-refractivity contribution in [1.82, 2.24) is 19.4 Å². The largest absolute Gasteiger partial charge is 0.497 e. The number of para-hydroxylation sites is 1. The van der Waals surface area contributed by atoms with Crippen LogP contribution in [0.25, 0.3) is 16.6 Å². The Labute approximate surface area is 228 Å². The maximum Gasteiger partial charge on any atom is 0.322 e. The van der Waals surface area contributed by atoms with Gasteiger partial charge in [0.1, 0.15) is 17.3 Å². The van der Waals surface area contributed by atoms with E-state index in [9.17, 15) is 9.59 Å². The molecule has 0 aliphatic carbocycles. The Morgan fingerprint density at radius 3 is 2.33 bits per heavy atom. The monoisotopic (exact) mass is 529 g/mol. The number of urea groups is 1.